The Morgan fingerprint density at radius 2 is 2.33 bits per heavy atom. The highest BCUT2D eigenvalue weighted by atomic mass is 16.5. The number of hydrogen-bond acceptors (Lipinski definition) is 6. The summed E-state index contributed by atoms with van der Waals surface area (Å²) in [5.41, 5.74) is -0.0287. The molecule has 1 aromatic heterocycles. The largest absolute Gasteiger partial charge is 0.463 e. The first-order chi connectivity index (χ1) is 9.92. The van der Waals surface area contributed by atoms with Crippen LogP contribution in [0.15, 0.2) is 6.07 Å². The van der Waals surface area contributed by atoms with Gasteiger partial charge in [0, 0.05) is 18.3 Å². The van der Waals surface area contributed by atoms with Crippen molar-refractivity contribution in [2.24, 2.45) is 5.92 Å². The van der Waals surface area contributed by atoms with Crippen molar-refractivity contribution in [1.29, 1.82) is 0 Å². The fourth-order valence-electron chi connectivity index (χ4n) is 2.89. The number of nitrogens with one attached hydrogen (secondary N) is 1. The van der Waals surface area contributed by atoms with Crippen molar-refractivity contribution in [1.82, 2.24) is 9.97 Å². The number of carbonyl (C=O) groups is 1. The number of aliphatic hydroxyl groups is 1. The summed E-state index contributed by atoms with van der Waals surface area (Å²) in [7, 11) is 1.30. The van der Waals surface area contributed by atoms with Crippen LogP contribution in [0.2, 0.25) is 0 Å². The minimum atomic E-state index is -0.706. The Balaban J connectivity index is 2.06. The highest BCUT2D eigenvalue weighted by molar-refractivity contribution is 5.85. The molecule has 0 aliphatic heterocycles. The summed E-state index contributed by atoms with van der Waals surface area (Å²) in [5, 5.41) is 13.7. The zero-order valence-corrected chi connectivity index (χ0v) is 12.8. The van der Waals surface area contributed by atoms with Crippen LogP contribution in [0.25, 0.3) is 0 Å². The summed E-state index contributed by atoms with van der Waals surface area (Å²) in [5.74, 6) is 0.536. The third-order valence-corrected chi connectivity index (χ3v) is 3.89. The highest BCUT2D eigenvalue weighted by Crippen LogP contribution is 2.32. The SMILES string of the molecule is COC(=O)c1nc(C)cc(NCC2(O)CCCC(C)C2)n1. The molecule has 0 radical (unpaired) electrons. The minimum absolute atomic E-state index is 0.0315. The Bertz CT molecular complexity index is 521. The first kappa shape index (κ1) is 15.7. The quantitative estimate of drug-likeness (QED) is 0.825. The second kappa shape index (κ2) is 6.39. The van der Waals surface area contributed by atoms with Gasteiger partial charge in [0.15, 0.2) is 0 Å². The molecule has 1 saturated carbocycles. The standard InChI is InChI=1S/C15H23N3O3/c1-10-5-4-6-15(20,8-10)9-16-12-7-11(2)17-13(18-12)14(19)21-3/h7,10,20H,4-6,8-9H2,1-3H3,(H,16,17,18). The Kier molecular flexibility index (Phi) is 4.77. The lowest BCUT2D eigenvalue weighted by molar-refractivity contribution is -0.000831. The van der Waals surface area contributed by atoms with Crippen molar-refractivity contribution < 1.29 is 14.6 Å². The third-order valence-electron chi connectivity index (χ3n) is 3.89. The van der Waals surface area contributed by atoms with Crippen LogP contribution in [-0.4, -0.2) is 40.3 Å². The van der Waals surface area contributed by atoms with Gasteiger partial charge in [-0.15, -0.1) is 0 Å². The van der Waals surface area contributed by atoms with Gasteiger partial charge in [0.25, 0.3) is 0 Å². The molecule has 1 heterocycles. The number of hydrogen-bond donors (Lipinski definition) is 2. The topological polar surface area (TPSA) is 84.3 Å². The molecule has 0 spiro atoms. The van der Waals surface area contributed by atoms with Crippen LogP contribution in [0.5, 0.6) is 0 Å². The van der Waals surface area contributed by atoms with Gasteiger partial charge in [-0.3, -0.25) is 0 Å². The Hall–Kier alpha value is -1.69. The van der Waals surface area contributed by atoms with Crippen molar-refractivity contribution in [3.05, 3.63) is 17.6 Å². The number of rotatable bonds is 4. The van der Waals surface area contributed by atoms with Crippen LogP contribution in [0, 0.1) is 12.8 Å². The summed E-state index contributed by atoms with van der Waals surface area (Å²) < 4.78 is 4.63. The Morgan fingerprint density at radius 1 is 1.57 bits per heavy atom. The fourth-order valence-corrected chi connectivity index (χ4v) is 2.89. The third kappa shape index (κ3) is 4.14. The first-order valence-corrected chi connectivity index (χ1v) is 7.32. The van der Waals surface area contributed by atoms with E-state index in [1.165, 1.54) is 13.5 Å². The van der Waals surface area contributed by atoms with Crippen molar-refractivity contribution >= 4 is 11.8 Å². The number of methoxy groups -OCH3 is 1. The fraction of sp³-hybridized carbons (Fsp3) is 0.667. The van der Waals surface area contributed by atoms with E-state index >= 15 is 0 Å². The van der Waals surface area contributed by atoms with Gasteiger partial charge in [0.1, 0.15) is 5.82 Å². The van der Waals surface area contributed by atoms with E-state index in [9.17, 15) is 9.90 Å². The molecule has 0 amide bonds. The van der Waals surface area contributed by atoms with E-state index in [2.05, 4.69) is 26.9 Å². The van der Waals surface area contributed by atoms with Gasteiger partial charge >= 0.3 is 5.97 Å². The van der Waals surface area contributed by atoms with E-state index in [1.54, 1.807) is 13.0 Å². The summed E-state index contributed by atoms with van der Waals surface area (Å²) in [6, 6.07) is 1.75. The molecule has 6 nitrogen and oxygen atoms in total. The number of ether oxygens (including phenoxy) is 1. The lowest BCUT2D eigenvalue weighted by atomic mass is 9.79. The molecule has 1 fully saturated rings. The van der Waals surface area contributed by atoms with Crippen LogP contribution >= 0.6 is 0 Å². The number of anilines is 1. The number of aromatic nitrogens is 2. The zero-order chi connectivity index (χ0) is 15.5. The smallest absolute Gasteiger partial charge is 0.376 e. The van der Waals surface area contributed by atoms with Gasteiger partial charge in [-0.25, -0.2) is 14.8 Å². The average Bonchev–Trinajstić information content (AvgIpc) is 2.43. The normalized spacial score (nSPS) is 25.4. The van der Waals surface area contributed by atoms with Crippen LogP contribution in [0.3, 0.4) is 0 Å². The maximum Gasteiger partial charge on any atom is 0.376 e. The van der Waals surface area contributed by atoms with Gasteiger partial charge in [-0.2, -0.15) is 0 Å². The van der Waals surface area contributed by atoms with Crippen LogP contribution in [0.1, 0.15) is 48.9 Å². The molecule has 116 valence electrons. The maximum absolute atomic E-state index is 11.5. The van der Waals surface area contributed by atoms with Crippen LogP contribution < -0.4 is 5.32 Å². The van der Waals surface area contributed by atoms with E-state index in [0.29, 0.717) is 24.0 Å². The van der Waals surface area contributed by atoms with Crippen molar-refractivity contribution in [3.8, 4) is 0 Å². The molecule has 2 atom stereocenters. The van der Waals surface area contributed by atoms with Gasteiger partial charge in [0.05, 0.1) is 12.7 Å². The van der Waals surface area contributed by atoms with Crippen molar-refractivity contribution in [2.45, 2.75) is 45.1 Å². The lowest BCUT2D eigenvalue weighted by Crippen LogP contribution is -2.41. The molecular weight excluding hydrogens is 270 g/mol. The first-order valence-electron chi connectivity index (χ1n) is 7.32. The van der Waals surface area contributed by atoms with Gasteiger partial charge in [-0.1, -0.05) is 19.8 Å². The average molecular weight is 293 g/mol. The molecule has 2 unspecified atom stereocenters. The minimum Gasteiger partial charge on any atom is -0.463 e. The van der Waals surface area contributed by atoms with Crippen LogP contribution in [-0.2, 0) is 4.74 Å². The molecule has 2 N–H and O–H groups in total. The molecule has 1 aliphatic rings. The summed E-state index contributed by atoms with van der Waals surface area (Å²) in [6.45, 7) is 4.37. The molecule has 2 rings (SSSR count). The summed E-state index contributed by atoms with van der Waals surface area (Å²) >= 11 is 0. The van der Waals surface area contributed by atoms with Gasteiger partial charge in [-0.05, 0) is 25.7 Å². The van der Waals surface area contributed by atoms with E-state index in [-0.39, 0.29) is 5.82 Å². The second-order valence-corrected chi connectivity index (χ2v) is 5.99. The molecule has 0 bridgehead atoms. The predicted octanol–water partition coefficient (Wildman–Crippen LogP) is 1.92. The van der Waals surface area contributed by atoms with E-state index in [4.69, 9.17) is 0 Å². The number of carbonyl (C=O) groups excluding carboxylic acids is 1. The number of esters is 1. The molecule has 1 aliphatic carbocycles. The molecule has 0 saturated heterocycles. The van der Waals surface area contributed by atoms with Crippen molar-refractivity contribution in [3.63, 3.8) is 0 Å². The van der Waals surface area contributed by atoms with Crippen LogP contribution in [0.4, 0.5) is 5.82 Å². The van der Waals surface area contributed by atoms with E-state index in [1.807, 2.05) is 0 Å². The Labute approximate surface area is 124 Å². The molecular formula is C15H23N3O3. The van der Waals surface area contributed by atoms with Gasteiger partial charge < -0.3 is 15.2 Å². The monoisotopic (exact) mass is 293 g/mol. The molecule has 0 aromatic carbocycles. The maximum atomic E-state index is 11.5. The van der Waals surface area contributed by atoms with Crippen molar-refractivity contribution in [2.75, 3.05) is 19.0 Å². The predicted molar refractivity (Wildman–Crippen MR) is 79.2 cm³/mol. The number of nitrogens with zero attached hydrogens (tertiary/aromatic N) is 2. The molecule has 6 heteroatoms. The van der Waals surface area contributed by atoms with Gasteiger partial charge in [0.2, 0.25) is 5.82 Å². The lowest BCUT2D eigenvalue weighted by Gasteiger charge is -2.35. The summed E-state index contributed by atoms with van der Waals surface area (Å²) in [4.78, 5) is 19.7. The van der Waals surface area contributed by atoms with E-state index in [0.717, 1.165) is 19.3 Å². The zero-order valence-electron chi connectivity index (χ0n) is 12.8. The number of aryl methyl sites for hydroxylation is 1. The second-order valence-electron chi connectivity index (χ2n) is 5.99. The highest BCUT2D eigenvalue weighted by Gasteiger charge is 2.32. The summed E-state index contributed by atoms with van der Waals surface area (Å²) in [6.07, 6.45) is 3.78. The van der Waals surface area contributed by atoms with E-state index < -0.39 is 11.6 Å². The molecule has 21 heavy (non-hydrogen) atoms. The molecule has 1 aromatic rings. The Morgan fingerprint density at radius 3 is 3.00 bits per heavy atom.